The van der Waals surface area contributed by atoms with E-state index in [1.54, 1.807) is 13.0 Å². The van der Waals surface area contributed by atoms with Crippen molar-refractivity contribution in [3.05, 3.63) is 35.6 Å². The molecule has 1 N–H and O–H groups in total. The molecular formula is C12H13FN2O2. The van der Waals surface area contributed by atoms with Gasteiger partial charge in [-0.3, -0.25) is 9.59 Å². The highest BCUT2D eigenvalue weighted by atomic mass is 19.1. The zero-order valence-corrected chi connectivity index (χ0v) is 9.44. The van der Waals surface area contributed by atoms with Gasteiger partial charge in [-0.15, -0.1) is 0 Å². The summed E-state index contributed by atoms with van der Waals surface area (Å²) in [6.45, 7) is 2.35. The number of likely N-dealkylation sites (N-methyl/N-ethyl adjacent to an activating group) is 1. The summed E-state index contributed by atoms with van der Waals surface area (Å²) in [5.74, 6) is -0.836. The van der Waals surface area contributed by atoms with E-state index in [2.05, 4.69) is 5.32 Å². The van der Waals surface area contributed by atoms with Crippen LogP contribution in [0.4, 0.5) is 4.39 Å². The third kappa shape index (κ3) is 2.27. The smallest absolute Gasteiger partial charge is 0.250 e. The summed E-state index contributed by atoms with van der Waals surface area (Å²) in [5.41, 5.74) is 0.474. The molecule has 2 amide bonds. The predicted molar refractivity (Wildman–Crippen MR) is 59.5 cm³/mol. The lowest BCUT2D eigenvalue weighted by Gasteiger charge is -2.31. The number of hydrogen-bond donors (Lipinski definition) is 1. The van der Waals surface area contributed by atoms with E-state index < -0.39 is 11.9 Å². The highest BCUT2D eigenvalue weighted by molar-refractivity contribution is 5.95. The molecular weight excluding hydrogens is 223 g/mol. The molecule has 4 nitrogen and oxygen atoms in total. The lowest BCUT2D eigenvalue weighted by Crippen LogP contribution is -2.53. The van der Waals surface area contributed by atoms with Crippen molar-refractivity contribution in [2.45, 2.75) is 13.0 Å². The molecule has 0 unspecified atom stereocenters. The van der Waals surface area contributed by atoms with Crippen molar-refractivity contribution in [3.8, 4) is 0 Å². The first kappa shape index (κ1) is 11.6. The molecule has 17 heavy (non-hydrogen) atoms. The Kier molecular flexibility index (Phi) is 3.08. The molecule has 0 saturated carbocycles. The van der Waals surface area contributed by atoms with Gasteiger partial charge in [0.05, 0.1) is 6.54 Å². The molecule has 0 spiro atoms. The lowest BCUT2D eigenvalue weighted by molar-refractivity contribution is -0.144. The fourth-order valence-corrected chi connectivity index (χ4v) is 1.88. The maximum atomic E-state index is 13.1. The maximum Gasteiger partial charge on any atom is 0.250 e. The molecule has 90 valence electrons. The van der Waals surface area contributed by atoms with E-state index in [1.807, 2.05) is 0 Å². The molecule has 5 heteroatoms. The van der Waals surface area contributed by atoms with Crippen molar-refractivity contribution >= 4 is 11.8 Å². The standard InChI is InChI=1S/C12H13FN2O2/c1-2-15-7-10(16)14-11(12(15)17)8-4-3-5-9(13)6-8/h3-6,11H,2,7H2,1H3,(H,14,16)/t11-/m1/s1. The van der Waals surface area contributed by atoms with Crippen LogP contribution in [0.2, 0.25) is 0 Å². The number of piperazine rings is 1. The summed E-state index contributed by atoms with van der Waals surface area (Å²) >= 11 is 0. The molecule has 1 aliphatic heterocycles. The minimum Gasteiger partial charge on any atom is -0.339 e. The Labute approximate surface area is 98.4 Å². The predicted octanol–water partition coefficient (Wildman–Crippen LogP) is 0.845. The van der Waals surface area contributed by atoms with Crippen molar-refractivity contribution < 1.29 is 14.0 Å². The van der Waals surface area contributed by atoms with Crippen LogP contribution in [0.3, 0.4) is 0 Å². The van der Waals surface area contributed by atoms with Gasteiger partial charge in [-0.1, -0.05) is 12.1 Å². The number of nitrogens with one attached hydrogen (secondary N) is 1. The first-order valence-corrected chi connectivity index (χ1v) is 5.45. The molecule has 2 rings (SSSR count). The summed E-state index contributed by atoms with van der Waals surface area (Å²) in [6.07, 6.45) is 0. The van der Waals surface area contributed by atoms with Gasteiger partial charge in [0.1, 0.15) is 11.9 Å². The van der Waals surface area contributed by atoms with Gasteiger partial charge in [-0.2, -0.15) is 0 Å². The Bertz CT molecular complexity index is 462. The molecule has 1 aromatic carbocycles. The fourth-order valence-electron chi connectivity index (χ4n) is 1.88. The van der Waals surface area contributed by atoms with E-state index in [0.717, 1.165) is 0 Å². The Morgan fingerprint density at radius 3 is 2.88 bits per heavy atom. The topological polar surface area (TPSA) is 49.4 Å². The second-order valence-electron chi connectivity index (χ2n) is 3.91. The van der Waals surface area contributed by atoms with Gasteiger partial charge in [-0.05, 0) is 24.6 Å². The number of nitrogens with zero attached hydrogens (tertiary/aromatic N) is 1. The number of carbonyl (C=O) groups is 2. The van der Waals surface area contributed by atoms with Crippen molar-refractivity contribution in [1.82, 2.24) is 10.2 Å². The van der Waals surface area contributed by atoms with E-state index in [9.17, 15) is 14.0 Å². The van der Waals surface area contributed by atoms with Gasteiger partial charge in [0.25, 0.3) is 0 Å². The number of hydrogen-bond acceptors (Lipinski definition) is 2. The molecule has 0 aromatic heterocycles. The lowest BCUT2D eigenvalue weighted by atomic mass is 10.0. The molecule has 1 fully saturated rings. The second kappa shape index (κ2) is 4.53. The molecule has 1 atom stereocenters. The van der Waals surface area contributed by atoms with E-state index in [-0.39, 0.29) is 18.4 Å². The summed E-state index contributed by atoms with van der Waals surface area (Å²) in [4.78, 5) is 24.9. The normalized spacial score (nSPS) is 20.4. The Morgan fingerprint density at radius 1 is 1.47 bits per heavy atom. The molecule has 1 saturated heterocycles. The number of halogens is 1. The summed E-state index contributed by atoms with van der Waals surface area (Å²) in [5, 5.41) is 2.58. The average molecular weight is 236 g/mol. The van der Waals surface area contributed by atoms with Gasteiger partial charge in [0, 0.05) is 6.54 Å². The number of carbonyl (C=O) groups excluding carboxylic acids is 2. The summed E-state index contributed by atoms with van der Waals surface area (Å²) in [6, 6.07) is 4.95. The van der Waals surface area contributed by atoms with Crippen LogP contribution in [0, 0.1) is 5.82 Å². The van der Waals surface area contributed by atoms with E-state index in [4.69, 9.17) is 0 Å². The molecule has 1 heterocycles. The van der Waals surface area contributed by atoms with E-state index >= 15 is 0 Å². The van der Waals surface area contributed by atoms with Crippen LogP contribution in [0.25, 0.3) is 0 Å². The van der Waals surface area contributed by atoms with Crippen LogP contribution < -0.4 is 5.32 Å². The van der Waals surface area contributed by atoms with Crippen LogP contribution >= 0.6 is 0 Å². The van der Waals surface area contributed by atoms with Gasteiger partial charge in [-0.25, -0.2) is 4.39 Å². The van der Waals surface area contributed by atoms with Crippen molar-refractivity contribution in [3.63, 3.8) is 0 Å². The van der Waals surface area contributed by atoms with Crippen LogP contribution in [0.15, 0.2) is 24.3 Å². The van der Waals surface area contributed by atoms with E-state index in [0.29, 0.717) is 12.1 Å². The maximum absolute atomic E-state index is 13.1. The first-order valence-electron chi connectivity index (χ1n) is 5.45. The number of benzene rings is 1. The van der Waals surface area contributed by atoms with E-state index in [1.165, 1.54) is 23.1 Å². The fraction of sp³-hybridized carbons (Fsp3) is 0.333. The SMILES string of the molecule is CCN1CC(=O)N[C@H](c2cccc(F)c2)C1=O. The first-order chi connectivity index (χ1) is 8.11. The monoisotopic (exact) mass is 236 g/mol. The molecule has 1 aromatic rings. The van der Waals surface area contributed by atoms with Crippen LogP contribution in [0.5, 0.6) is 0 Å². The van der Waals surface area contributed by atoms with Crippen LogP contribution in [0.1, 0.15) is 18.5 Å². The van der Waals surface area contributed by atoms with Gasteiger partial charge in [0.15, 0.2) is 0 Å². The molecule has 0 radical (unpaired) electrons. The molecule has 0 bridgehead atoms. The van der Waals surface area contributed by atoms with Crippen LogP contribution in [-0.4, -0.2) is 29.8 Å². The van der Waals surface area contributed by atoms with Gasteiger partial charge in [0.2, 0.25) is 11.8 Å². The highest BCUT2D eigenvalue weighted by Gasteiger charge is 2.32. The van der Waals surface area contributed by atoms with Crippen LogP contribution in [-0.2, 0) is 9.59 Å². The van der Waals surface area contributed by atoms with Crippen molar-refractivity contribution in [1.29, 1.82) is 0 Å². The Balaban J connectivity index is 2.30. The number of rotatable bonds is 2. The second-order valence-corrected chi connectivity index (χ2v) is 3.91. The Morgan fingerprint density at radius 2 is 2.24 bits per heavy atom. The van der Waals surface area contributed by atoms with Gasteiger partial charge >= 0.3 is 0 Å². The largest absolute Gasteiger partial charge is 0.339 e. The third-order valence-corrected chi connectivity index (χ3v) is 2.76. The quantitative estimate of drug-likeness (QED) is 0.827. The zero-order valence-electron chi connectivity index (χ0n) is 9.44. The highest BCUT2D eigenvalue weighted by Crippen LogP contribution is 2.19. The van der Waals surface area contributed by atoms with Crippen molar-refractivity contribution in [2.75, 3.05) is 13.1 Å². The van der Waals surface area contributed by atoms with Gasteiger partial charge < -0.3 is 10.2 Å². The Hall–Kier alpha value is -1.91. The summed E-state index contributed by atoms with van der Waals surface area (Å²) in [7, 11) is 0. The molecule has 1 aliphatic rings. The summed E-state index contributed by atoms with van der Waals surface area (Å²) < 4.78 is 13.1. The minimum absolute atomic E-state index is 0.0706. The zero-order chi connectivity index (χ0) is 12.4. The minimum atomic E-state index is -0.771. The van der Waals surface area contributed by atoms with Crippen molar-refractivity contribution in [2.24, 2.45) is 0 Å². The molecule has 0 aliphatic carbocycles. The number of amides is 2. The average Bonchev–Trinajstić information content (AvgIpc) is 2.31. The third-order valence-electron chi connectivity index (χ3n) is 2.76.